The van der Waals surface area contributed by atoms with Gasteiger partial charge in [0.2, 0.25) is 0 Å². The maximum absolute atomic E-state index is 12.8. The highest BCUT2D eigenvalue weighted by molar-refractivity contribution is 7.10. The van der Waals surface area contributed by atoms with Gasteiger partial charge in [-0.25, -0.2) is 8.78 Å². The van der Waals surface area contributed by atoms with Gasteiger partial charge in [-0.2, -0.15) is 0 Å². The molecule has 0 radical (unpaired) electrons. The van der Waals surface area contributed by atoms with E-state index in [2.05, 4.69) is 9.59 Å². The Bertz CT molecular complexity index is 506. The van der Waals surface area contributed by atoms with Crippen molar-refractivity contribution in [3.05, 3.63) is 39.9 Å². The van der Waals surface area contributed by atoms with E-state index in [4.69, 9.17) is 16.3 Å². The molecule has 2 rings (SSSR count). The number of rotatable bonds is 3. The van der Waals surface area contributed by atoms with Crippen molar-refractivity contribution in [2.75, 3.05) is 0 Å². The van der Waals surface area contributed by atoms with Gasteiger partial charge in [0.25, 0.3) is 0 Å². The summed E-state index contributed by atoms with van der Waals surface area (Å²) in [7, 11) is 0. The first-order valence-corrected chi connectivity index (χ1v) is 5.36. The number of hydrogen-bond donors (Lipinski definition) is 0. The molecule has 0 aliphatic rings. The molecule has 0 unspecified atom stereocenters. The van der Waals surface area contributed by atoms with Gasteiger partial charge in [0.15, 0.2) is 11.6 Å². The fourth-order valence-corrected chi connectivity index (χ4v) is 1.60. The lowest BCUT2D eigenvalue weighted by Gasteiger charge is -2.04. The van der Waals surface area contributed by atoms with Crippen LogP contribution in [-0.4, -0.2) is 9.59 Å². The molecule has 3 nitrogen and oxygen atoms in total. The van der Waals surface area contributed by atoms with E-state index in [9.17, 15) is 8.78 Å². The summed E-state index contributed by atoms with van der Waals surface area (Å²) in [5.41, 5.74) is 0.469. The average molecular weight is 263 g/mol. The van der Waals surface area contributed by atoms with Crippen LogP contribution in [0.3, 0.4) is 0 Å². The fourth-order valence-electron chi connectivity index (χ4n) is 1.00. The van der Waals surface area contributed by atoms with Crippen LogP contribution in [-0.2, 0) is 6.61 Å². The normalized spacial score (nSPS) is 10.4. The van der Waals surface area contributed by atoms with Gasteiger partial charge in [0, 0.05) is 17.6 Å². The largest absolute Gasteiger partial charge is 0.487 e. The van der Waals surface area contributed by atoms with Gasteiger partial charge in [0.1, 0.15) is 22.4 Å². The Kier molecular flexibility index (Phi) is 3.31. The predicted octanol–water partition coefficient (Wildman–Crippen LogP) is 3.05. The van der Waals surface area contributed by atoms with Gasteiger partial charge in [-0.05, 0) is 12.1 Å². The third-order valence-electron chi connectivity index (χ3n) is 1.78. The third kappa shape index (κ3) is 2.45. The molecule has 0 aliphatic carbocycles. The van der Waals surface area contributed by atoms with E-state index in [1.54, 1.807) is 0 Å². The van der Waals surface area contributed by atoms with Crippen LogP contribution >= 0.6 is 23.1 Å². The van der Waals surface area contributed by atoms with Crippen molar-refractivity contribution in [3.8, 4) is 5.75 Å². The van der Waals surface area contributed by atoms with Crippen LogP contribution in [0.15, 0.2) is 18.2 Å². The Hall–Kier alpha value is -1.27. The van der Waals surface area contributed by atoms with Crippen LogP contribution in [0.25, 0.3) is 0 Å². The molecule has 0 amide bonds. The Morgan fingerprint density at radius 1 is 1.31 bits per heavy atom. The van der Waals surface area contributed by atoms with Crippen LogP contribution in [0, 0.1) is 11.6 Å². The predicted molar refractivity (Wildman–Crippen MR) is 55.6 cm³/mol. The monoisotopic (exact) mass is 262 g/mol. The summed E-state index contributed by atoms with van der Waals surface area (Å²) in [5, 5.41) is 3.71. The van der Waals surface area contributed by atoms with E-state index < -0.39 is 11.6 Å². The summed E-state index contributed by atoms with van der Waals surface area (Å²) in [6, 6.07) is 3.28. The fraction of sp³-hybridized carbons (Fsp3) is 0.111. The molecule has 1 aromatic carbocycles. The smallest absolute Gasteiger partial charge is 0.162 e. The zero-order valence-corrected chi connectivity index (χ0v) is 9.36. The molecule has 0 saturated heterocycles. The Balaban J connectivity index is 2.05. The van der Waals surface area contributed by atoms with Gasteiger partial charge in [-0.3, -0.25) is 0 Å². The minimum Gasteiger partial charge on any atom is -0.487 e. The van der Waals surface area contributed by atoms with Crippen molar-refractivity contribution in [2.45, 2.75) is 6.61 Å². The highest BCUT2D eigenvalue weighted by atomic mass is 35.5. The van der Waals surface area contributed by atoms with Crippen molar-refractivity contribution in [2.24, 2.45) is 0 Å². The SMILES string of the molecule is Fc1ccc(OCc2nnsc2Cl)cc1F. The summed E-state index contributed by atoms with van der Waals surface area (Å²) < 4.78 is 34.6. The van der Waals surface area contributed by atoms with E-state index in [0.717, 1.165) is 23.7 Å². The molecule has 7 heteroatoms. The standard InChI is InChI=1S/C9H5ClF2N2OS/c10-9-8(13-14-16-9)4-15-5-1-2-6(11)7(12)3-5/h1-3H,4H2. The number of hydrogen-bond acceptors (Lipinski definition) is 4. The molecular weight excluding hydrogens is 258 g/mol. The van der Waals surface area contributed by atoms with Crippen LogP contribution in [0.4, 0.5) is 8.78 Å². The molecule has 0 bridgehead atoms. The Morgan fingerprint density at radius 3 is 2.75 bits per heavy atom. The van der Waals surface area contributed by atoms with E-state index in [0.29, 0.717) is 10.0 Å². The lowest BCUT2D eigenvalue weighted by atomic mass is 10.3. The number of ether oxygens (including phenoxy) is 1. The van der Waals surface area contributed by atoms with Crippen molar-refractivity contribution in [1.29, 1.82) is 0 Å². The molecule has 0 N–H and O–H groups in total. The molecule has 1 aromatic heterocycles. The van der Waals surface area contributed by atoms with Gasteiger partial charge < -0.3 is 4.74 Å². The lowest BCUT2D eigenvalue weighted by Crippen LogP contribution is -1.97. The molecular formula is C9H5ClF2N2OS. The quantitative estimate of drug-likeness (QED) is 0.853. The topological polar surface area (TPSA) is 35.0 Å². The zero-order chi connectivity index (χ0) is 11.5. The summed E-state index contributed by atoms with van der Waals surface area (Å²) in [5.74, 6) is -1.66. The van der Waals surface area contributed by atoms with Gasteiger partial charge in [0.05, 0.1) is 0 Å². The summed E-state index contributed by atoms with van der Waals surface area (Å²) in [6.07, 6.45) is 0. The second-order valence-corrected chi connectivity index (χ2v) is 4.21. The van der Waals surface area contributed by atoms with Crippen molar-refractivity contribution < 1.29 is 13.5 Å². The number of halogens is 3. The van der Waals surface area contributed by atoms with E-state index in [-0.39, 0.29) is 12.4 Å². The first-order valence-electron chi connectivity index (χ1n) is 4.21. The number of aromatic nitrogens is 2. The van der Waals surface area contributed by atoms with Gasteiger partial charge in [-0.15, -0.1) is 5.10 Å². The maximum Gasteiger partial charge on any atom is 0.162 e. The lowest BCUT2D eigenvalue weighted by molar-refractivity contribution is 0.298. The first kappa shape index (κ1) is 11.2. The molecule has 0 aliphatic heterocycles. The van der Waals surface area contributed by atoms with Crippen molar-refractivity contribution >= 4 is 23.1 Å². The number of benzene rings is 1. The first-order chi connectivity index (χ1) is 7.66. The van der Waals surface area contributed by atoms with E-state index in [1.165, 1.54) is 6.07 Å². The average Bonchev–Trinajstić information content (AvgIpc) is 2.66. The third-order valence-corrected chi connectivity index (χ3v) is 2.76. The van der Waals surface area contributed by atoms with Crippen LogP contribution in [0.5, 0.6) is 5.75 Å². The minimum absolute atomic E-state index is 0.0698. The summed E-state index contributed by atoms with van der Waals surface area (Å²) in [4.78, 5) is 0. The second kappa shape index (κ2) is 4.71. The van der Waals surface area contributed by atoms with Crippen LogP contribution < -0.4 is 4.74 Å². The summed E-state index contributed by atoms with van der Waals surface area (Å²) >= 11 is 6.78. The van der Waals surface area contributed by atoms with E-state index in [1.807, 2.05) is 0 Å². The zero-order valence-electron chi connectivity index (χ0n) is 7.78. The minimum atomic E-state index is -0.958. The molecule has 0 fully saturated rings. The van der Waals surface area contributed by atoms with Crippen LogP contribution in [0.2, 0.25) is 4.34 Å². The highest BCUT2D eigenvalue weighted by Gasteiger charge is 2.07. The Morgan fingerprint density at radius 2 is 2.12 bits per heavy atom. The highest BCUT2D eigenvalue weighted by Crippen LogP contribution is 2.20. The maximum atomic E-state index is 12.8. The number of nitrogens with zero attached hydrogens (tertiary/aromatic N) is 2. The molecule has 16 heavy (non-hydrogen) atoms. The van der Waals surface area contributed by atoms with Crippen molar-refractivity contribution in [1.82, 2.24) is 9.59 Å². The molecule has 0 atom stereocenters. The molecule has 0 saturated carbocycles. The molecule has 84 valence electrons. The van der Waals surface area contributed by atoms with Gasteiger partial charge in [-0.1, -0.05) is 16.1 Å². The summed E-state index contributed by atoms with van der Waals surface area (Å²) in [6.45, 7) is 0.0698. The van der Waals surface area contributed by atoms with Crippen LogP contribution in [0.1, 0.15) is 5.69 Å². The van der Waals surface area contributed by atoms with Crippen molar-refractivity contribution in [3.63, 3.8) is 0 Å². The molecule has 2 aromatic rings. The Labute approximate surface area is 98.8 Å². The van der Waals surface area contributed by atoms with E-state index >= 15 is 0 Å². The molecule has 0 spiro atoms. The molecule has 1 heterocycles. The second-order valence-electron chi connectivity index (χ2n) is 2.86. The van der Waals surface area contributed by atoms with Gasteiger partial charge >= 0.3 is 0 Å².